The zero-order valence-corrected chi connectivity index (χ0v) is 14.9. The molecule has 3 rings (SSSR count). The molecule has 4 nitrogen and oxygen atoms in total. The molecule has 0 amide bonds. The fraction of sp³-hybridized carbons (Fsp3) is 0.550. The Morgan fingerprint density at radius 2 is 2.21 bits per heavy atom. The molecule has 24 heavy (non-hydrogen) atoms. The third-order valence-electron chi connectivity index (χ3n) is 5.08. The lowest BCUT2D eigenvalue weighted by Gasteiger charge is -2.31. The van der Waals surface area contributed by atoms with Gasteiger partial charge in [-0.25, -0.2) is 4.98 Å². The van der Waals surface area contributed by atoms with E-state index in [9.17, 15) is 5.11 Å². The Morgan fingerprint density at radius 1 is 1.33 bits per heavy atom. The summed E-state index contributed by atoms with van der Waals surface area (Å²) in [6.07, 6.45) is 3.41. The fourth-order valence-corrected chi connectivity index (χ4v) is 3.60. The molecule has 1 aliphatic heterocycles. The standard InChI is InChI=1S/C20H29N3O/c1-3-16-6-7-19-18(12-16)15(2)11-20(22-19)21-8-10-23-9-4-5-17(13-23)14-24/h6-7,11-12,17,24H,3-5,8-10,13-14H2,1-2H3,(H,21,22)/t17-/m0/s1. The minimum absolute atomic E-state index is 0.315. The second kappa shape index (κ2) is 7.95. The third kappa shape index (κ3) is 4.05. The summed E-state index contributed by atoms with van der Waals surface area (Å²) in [6.45, 7) is 8.71. The van der Waals surface area contributed by atoms with Crippen molar-refractivity contribution in [2.24, 2.45) is 5.92 Å². The lowest BCUT2D eigenvalue weighted by Crippen LogP contribution is -2.39. The number of nitrogens with one attached hydrogen (secondary N) is 1. The number of fused-ring (bicyclic) bond motifs is 1. The number of aliphatic hydroxyl groups is 1. The van der Waals surface area contributed by atoms with E-state index < -0.39 is 0 Å². The molecule has 2 N–H and O–H groups in total. The number of nitrogens with zero attached hydrogens (tertiary/aromatic N) is 2. The highest BCUT2D eigenvalue weighted by molar-refractivity contribution is 5.84. The van der Waals surface area contributed by atoms with Gasteiger partial charge in [-0.05, 0) is 68.0 Å². The fourth-order valence-electron chi connectivity index (χ4n) is 3.60. The summed E-state index contributed by atoms with van der Waals surface area (Å²) in [5.41, 5.74) is 3.70. The Bertz CT molecular complexity index is 686. The summed E-state index contributed by atoms with van der Waals surface area (Å²) in [5.74, 6) is 1.41. The van der Waals surface area contributed by atoms with Crippen LogP contribution in [0, 0.1) is 12.8 Å². The van der Waals surface area contributed by atoms with E-state index in [4.69, 9.17) is 4.98 Å². The van der Waals surface area contributed by atoms with Crippen LogP contribution in [-0.2, 0) is 6.42 Å². The normalized spacial score (nSPS) is 18.9. The summed E-state index contributed by atoms with van der Waals surface area (Å²) < 4.78 is 0. The molecule has 1 fully saturated rings. The van der Waals surface area contributed by atoms with E-state index in [0.717, 1.165) is 50.4 Å². The Morgan fingerprint density at radius 3 is 3.00 bits per heavy atom. The lowest BCUT2D eigenvalue weighted by atomic mass is 9.99. The Balaban J connectivity index is 1.61. The van der Waals surface area contributed by atoms with Gasteiger partial charge < -0.3 is 15.3 Å². The van der Waals surface area contributed by atoms with Crippen LogP contribution >= 0.6 is 0 Å². The monoisotopic (exact) mass is 327 g/mol. The predicted octanol–water partition coefficient (Wildman–Crippen LogP) is 3.22. The van der Waals surface area contributed by atoms with Gasteiger partial charge in [-0.1, -0.05) is 13.0 Å². The van der Waals surface area contributed by atoms with E-state index in [-0.39, 0.29) is 0 Å². The van der Waals surface area contributed by atoms with Gasteiger partial charge in [0.1, 0.15) is 5.82 Å². The van der Waals surface area contributed by atoms with Gasteiger partial charge in [-0.15, -0.1) is 0 Å². The Hall–Kier alpha value is -1.65. The van der Waals surface area contributed by atoms with Crippen molar-refractivity contribution in [2.45, 2.75) is 33.1 Å². The van der Waals surface area contributed by atoms with E-state index in [0.29, 0.717) is 12.5 Å². The molecule has 1 aromatic carbocycles. The van der Waals surface area contributed by atoms with Gasteiger partial charge in [0.25, 0.3) is 0 Å². The van der Waals surface area contributed by atoms with E-state index in [1.807, 2.05) is 0 Å². The molecular formula is C20H29N3O. The van der Waals surface area contributed by atoms with E-state index in [1.165, 1.54) is 22.9 Å². The van der Waals surface area contributed by atoms with Gasteiger partial charge >= 0.3 is 0 Å². The molecule has 130 valence electrons. The molecule has 1 atom stereocenters. The number of rotatable bonds is 6. The highest BCUT2D eigenvalue weighted by atomic mass is 16.3. The molecule has 4 heteroatoms. The van der Waals surface area contributed by atoms with Crippen molar-refractivity contribution < 1.29 is 5.11 Å². The molecule has 1 saturated heterocycles. The topological polar surface area (TPSA) is 48.4 Å². The first kappa shape index (κ1) is 17.2. The Labute approximate surface area is 144 Å². The number of anilines is 1. The van der Waals surface area contributed by atoms with E-state index in [2.05, 4.69) is 48.3 Å². The zero-order chi connectivity index (χ0) is 16.9. The smallest absolute Gasteiger partial charge is 0.126 e. The highest BCUT2D eigenvalue weighted by Gasteiger charge is 2.18. The third-order valence-corrected chi connectivity index (χ3v) is 5.08. The first-order chi connectivity index (χ1) is 11.7. The van der Waals surface area contributed by atoms with Crippen molar-refractivity contribution in [1.29, 1.82) is 0 Å². The molecule has 0 bridgehead atoms. The molecule has 0 aliphatic carbocycles. The number of aromatic nitrogens is 1. The van der Waals surface area contributed by atoms with Crippen molar-refractivity contribution in [3.8, 4) is 0 Å². The molecule has 1 aromatic heterocycles. The van der Waals surface area contributed by atoms with Gasteiger partial charge in [0.05, 0.1) is 5.52 Å². The van der Waals surface area contributed by atoms with Crippen molar-refractivity contribution >= 4 is 16.7 Å². The average Bonchev–Trinajstić information content (AvgIpc) is 2.62. The zero-order valence-electron chi connectivity index (χ0n) is 14.9. The number of piperidine rings is 1. The first-order valence-electron chi connectivity index (χ1n) is 9.17. The molecule has 2 heterocycles. The van der Waals surface area contributed by atoms with E-state index in [1.54, 1.807) is 0 Å². The molecule has 0 saturated carbocycles. The number of likely N-dealkylation sites (tertiary alicyclic amines) is 1. The number of aliphatic hydroxyl groups excluding tert-OH is 1. The van der Waals surface area contributed by atoms with Crippen LogP contribution in [0.4, 0.5) is 5.82 Å². The maximum Gasteiger partial charge on any atom is 0.126 e. The van der Waals surface area contributed by atoms with Gasteiger partial charge in [0, 0.05) is 31.6 Å². The quantitative estimate of drug-likeness (QED) is 0.855. The van der Waals surface area contributed by atoms with Crippen LogP contribution in [0.3, 0.4) is 0 Å². The number of hydrogen-bond donors (Lipinski definition) is 2. The minimum atomic E-state index is 0.315. The lowest BCUT2D eigenvalue weighted by molar-refractivity contribution is 0.123. The molecule has 2 aromatic rings. The van der Waals surface area contributed by atoms with Crippen molar-refractivity contribution in [1.82, 2.24) is 9.88 Å². The summed E-state index contributed by atoms with van der Waals surface area (Å²) in [7, 11) is 0. The minimum Gasteiger partial charge on any atom is -0.396 e. The second-order valence-corrected chi connectivity index (χ2v) is 6.95. The molecule has 0 unspecified atom stereocenters. The van der Waals surface area contributed by atoms with E-state index >= 15 is 0 Å². The summed E-state index contributed by atoms with van der Waals surface area (Å²) in [5, 5.41) is 14.1. The van der Waals surface area contributed by atoms with Gasteiger partial charge in [-0.3, -0.25) is 0 Å². The molecule has 0 radical (unpaired) electrons. The van der Waals surface area contributed by atoms with Crippen molar-refractivity contribution in [2.75, 3.05) is 38.1 Å². The van der Waals surface area contributed by atoms with Gasteiger partial charge in [-0.2, -0.15) is 0 Å². The second-order valence-electron chi connectivity index (χ2n) is 6.95. The predicted molar refractivity (Wildman–Crippen MR) is 101 cm³/mol. The summed E-state index contributed by atoms with van der Waals surface area (Å²) in [6, 6.07) is 8.70. The number of hydrogen-bond acceptors (Lipinski definition) is 4. The van der Waals surface area contributed by atoms with Crippen molar-refractivity contribution in [3.05, 3.63) is 35.4 Å². The van der Waals surface area contributed by atoms with Crippen molar-refractivity contribution in [3.63, 3.8) is 0 Å². The van der Waals surface area contributed by atoms with Crippen LogP contribution in [0.2, 0.25) is 0 Å². The molecular weight excluding hydrogens is 298 g/mol. The average molecular weight is 327 g/mol. The summed E-state index contributed by atoms with van der Waals surface area (Å²) in [4.78, 5) is 7.20. The number of aryl methyl sites for hydroxylation is 2. The van der Waals surface area contributed by atoms with Gasteiger partial charge in [0.15, 0.2) is 0 Å². The van der Waals surface area contributed by atoms with Crippen LogP contribution in [0.1, 0.15) is 30.9 Å². The van der Waals surface area contributed by atoms with Crippen LogP contribution in [-0.4, -0.2) is 47.8 Å². The van der Waals surface area contributed by atoms with Gasteiger partial charge in [0.2, 0.25) is 0 Å². The van der Waals surface area contributed by atoms with Crippen LogP contribution in [0.5, 0.6) is 0 Å². The molecule has 1 aliphatic rings. The number of benzene rings is 1. The Kier molecular flexibility index (Phi) is 5.69. The van der Waals surface area contributed by atoms with Crippen LogP contribution in [0.25, 0.3) is 10.9 Å². The number of pyridine rings is 1. The maximum absolute atomic E-state index is 9.33. The largest absolute Gasteiger partial charge is 0.396 e. The first-order valence-corrected chi connectivity index (χ1v) is 9.17. The molecule has 0 spiro atoms. The van der Waals surface area contributed by atoms with Crippen LogP contribution in [0.15, 0.2) is 24.3 Å². The SMILES string of the molecule is CCc1ccc2nc(NCCN3CCC[C@H](CO)C3)cc(C)c2c1. The summed E-state index contributed by atoms with van der Waals surface area (Å²) >= 11 is 0. The maximum atomic E-state index is 9.33. The highest BCUT2D eigenvalue weighted by Crippen LogP contribution is 2.22. The van der Waals surface area contributed by atoms with Crippen LogP contribution < -0.4 is 5.32 Å².